The first-order chi connectivity index (χ1) is 16.9. The minimum absolute atomic E-state index is 0.146. The van der Waals surface area contributed by atoms with Crippen LogP contribution in [0.3, 0.4) is 0 Å². The molecule has 35 heavy (non-hydrogen) atoms. The van der Waals surface area contributed by atoms with Crippen molar-refractivity contribution in [1.82, 2.24) is 39.7 Å². The number of pyridine rings is 1. The molecule has 0 aliphatic heterocycles. The van der Waals surface area contributed by atoms with E-state index in [4.69, 9.17) is 9.47 Å². The number of nitrogens with one attached hydrogen (secondary N) is 1. The number of ether oxygens (including phenoxy) is 2. The van der Waals surface area contributed by atoms with Crippen LogP contribution in [-0.4, -0.2) is 63.4 Å². The molecule has 3 unspecified atom stereocenters. The molecule has 0 spiro atoms. The fourth-order valence-corrected chi connectivity index (χ4v) is 4.32. The Hall–Kier alpha value is -4.00. The van der Waals surface area contributed by atoms with E-state index in [0.717, 1.165) is 11.4 Å². The normalized spacial score (nSPS) is 13.6. The van der Waals surface area contributed by atoms with Crippen LogP contribution >= 0.6 is 0 Å². The van der Waals surface area contributed by atoms with Crippen molar-refractivity contribution in [3.05, 3.63) is 54.5 Å². The van der Waals surface area contributed by atoms with Crippen molar-refractivity contribution in [2.75, 3.05) is 18.9 Å². The summed E-state index contributed by atoms with van der Waals surface area (Å²) in [6.45, 7) is 5.68. The summed E-state index contributed by atoms with van der Waals surface area (Å²) in [4.78, 5) is 21.5. The first-order valence-corrected chi connectivity index (χ1v) is 11.9. The van der Waals surface area contributed by atoms with Gasteiger partial charge in [-0.15, -0.1) is 10.2 Å². The average Bonchev–Trinajstić information content (AvgIpc) is 3.30. The number of hydrogen-bond donors (Lipinski definition) is 1. The van der Waals surface area contributed by atoms with Gasteiger partial charge >= 0.3 is 0 Å². The lowest BCUT2D eigenvalue weighted by atomic mass is 10.1. The Morgan fingerprint density at radius 2 is 1.71 bits per heavy atom. The number of aryl methyl sites for hydroxylation is 1. The van der Waals surface area contributed by atoms with E-state index in [1.165, 1.54) is 20.5 Å². The van der Waals surface area contributed by atoms with Crippen LogP contribution in [0, 0.1) is 6.92 Å². The van der Waals surface area contributed by atoms with Crippen LogP contribution in [-0.2, 0) is 11.0 Å². The molecule has 4 aromatic rings. The van der Waals surface area contributed by atoms with Gasteiger partial charge in [-0.1, -0.05) is 13.0 Å². The summed E-state index contributed by atoms with van der Waals surface area (Å²) < 4.78 is 28.9. The summed E-state index contributed by atoms with van der Waals surface area (Å²) in [6.07, 6.45) is 6.36. The molecule has 4 heterocycles. The van der Waals surface area contributed by atoms with Gasteiger partial charge in [0, 0.05) is 24.5 Å². The number of nitrogens with zero attached hydrogens (tertiary/aromatic N) is 8. The third-order valence-electron chi connectivity index (χ3n) is 5.42. The molecular weight excluding hydrogens is 470 g/mol. The van der Waals surface area contributed by atoms with Crippen LogP contribution in [0.25, 0.3) is 17.2 Å². The monoisotopic (exact) mass is 495 g/mol. The van der Waals surface area contributed by atoms with Gasteiger partial charge in [0.15, 0.2) is 11.5 Å². The van der Waals surface area contributed by atoms with Gasteiger partial charge in [-0.3, -0.25) is 19.7 Å². The second-order valence-electron chi connectivity index (χ2n) is 7.61. The summed E-state index contributed by atoms with van der Waals surface area (Å²) >= 11 is 0. The third-order valence-corrected chi connectivity index (χ3v) is 6.89. The molecule has 3 atom stereocenters. The molecule has 12 nitrogen and oxygen atoms in total. The van der Waals surface area contributed by atoms with E-state index in [1.807, 2.05) is 26.8 Å². The Bertz CT molecular complexity index is 1290. The molecular formula is C22H25N9O3S. The fourth-order valence-electron chi connectivity index (χ4n) is 3.31. The minimum Gasteiger partial charge on any atom is -0.479 e. The molecule has 0 bridgehead atoms. The van der Waals surface area contributed by atoms with Crippen LogP contribution in [0.4, 0.5) is 5.95 Å². The maximum atomic E-state index is 13.4. The number of aromatic nitrogens is 8. The molecule has 0 radical (unpaired) electrons. The zero-order valence-electron chi connectivity index (χ0n) is 19.9. The summed E-state index contributed by atoms with van der Waals surface area (Å²) in [5, 5.41) is 8.22. The van der Waals surface area contributed by atoms with Gasteiger partial charge in [-0.25, -0.2) is 8.78 Å². The Balaban J connectivity index is 1.76. The Morgan fingerprint density at radius 1 is 0.971 bits per heavy atom. The first-order valence-electron chi connectivity index (χ1n) is 10.7. The Labute approximate surface area is 204 Å². The maximum Gasteiger partial charge on any atom is 0.245 e. The van der Waals surface area contributed by atoms with E-state index in [9.17, 15) is 4.21 Å². The highest BCUT2D eigenvalue weighted by molar-refractivity contribution is 7.87. The largest absolute Gasteiger partial charge is 0.479 e. The van der Waals surface area contributed by atoms with Gasteiger partial charge in [0.05, 0.1) is 30.9 Å². The van der Waals surface area contributed by atoms with E-state index in [2.05, 4.69) is 39.8 Å². The highest BCUT2D eigenvalue weighted by atomic mass is 32.2. The van der Waals surface area contributed by atoms with Crippen molar-refractivity contribution in [2.24, 2.45) is 0 Å². The first kappa shape index (κ1) is 24.1. The molecule has 4 rings (SSSR count). The molecule has 0 aliphatic rings. The molecule has 0 fully saturated rings. The quantitative estimate of drug-likeness (QED) is 0.368. The topological polar surface area (TPSA) is 143 Å². The predicted molar refractivity (Wildman–Crippen MR) is 130 cm³/mol. The second kappa shape index (κ2) is 10.5. The molecule has 1 N–H and O–H groups in total. The Morgan fingerprint density at radius 3 is 2.31 bits per heavy atom. The van der Waals surface area contributed by atoms with Gasteiger partial charge in [0.25, 0.3) is 0 Å². The highest BCUT2D eigenvalue weighted by Crippen LogP contribution is 2.34. The molecule has 4 aromatic heterocycles. The minimum atomic E-state index is -1.58. The summed E-state index contributed by atoms with van der Waals surface area (Å²) in [6, 6.07) is 5.40. The Kier molecular flexibility index (Phi) is 7.25. The lowest BCUT2D eigenvalue weighted by molar-refractivity contribution is 0.368. The van der Waals surface area contributed by atoms with Gasteiger partial charge in [-0.05, 0) is 26.0 Å². The van der Waals surface area contributed by atoms with Crippen molar-refractivity contribution in [1.29, 1.82) is 0 Å². The van der Waals surface area contributed by atoms with E-state index in [0.29, 0.717) is 17.2 Å². The molecule has 0 aromatic carbocycles. The number of hydrogen-bond acceptors (Lipinski definition) is 10. The van der Waals surface area contributed by atoms with Crippen LogP contribution < -0.4 is 14.2 Å². The summed E-state index contributed by atoms with van der Waals surface area (Å²) in [5.41, 5.74) is 2.43. The molecule has 182 valence electrons. The fraction of sp³-hybridized carbons (Fsp3) is 0.318. The number of anilines is 1. The summed E-state index contributed by atoms with van der Waals surface area (Å²) in [7, 11) is 1.38. The molecule has 0 saturated heterocycles. The molecule has 0 saturated carbocycles. The molecule has 0 aliphatic carbocycles. The van der Waals surface area contributed by atoms with Crippen LogP contribution in [0.1, 0.15) is 31.2 Å². The van der Waals surface area contributed by atoms with Crippen LogP contribution in [0.2, 0.25) is 0 Å². The highest BCUT2D eigenvalue weighted by Gasteiger charge is 2.28. The van der Waals surface area contributed by atoms with Crippen molar-refractivity contribution in [3.63, 3.8) is 0 Å². The molecule has 13 heteroatoms. The lowest BCUT2D eigenvalue weighted by Gasteiger charge is -2.20. The van der Waals surface area contributed by atoms with Crippen molar-refractivity contribution >= 4 is 16.9 Å². The van der Waals surface area contributed by atoms with E-state index >= 15 is 0 Å². The maximum absolute atomic E-state index is 13.4. The second-order valence-corrected chi connectivity index (χ2v) is 9.16. The summed E-state index contributed by atoms with van der Waals surface area (Å²) in [5.74, 6) is 0.844. The lowest BCUT2D eigenvalue weighted by Crippen LogP contribution is -2.26. The van der Waals surface area contributed by atoms with Gasteiger partial charge in [-0.2, -0.15) is 9.97 Å². The van der Waals surface area contributed by atoms with E-state index in [-0.39, 0.29) is 28.9 Å². The predicted octanol–water partition coefficient (Wildman–Crippen LogP) is 2.50. The standard InChI is InChI=1S/C22H25N9O3S/c1-13-10-25-17(11-24-13)14(2)15(3)35(32)30-22-29-28-19(16-8-6-7-9-23-16)31(22)18-20(33-4)26-12-27-21(18)34-5/h6-12,14-15H,1-5H3,(H,29,30). The van der Waals surface area contributed by atoms with Crippen LogP contribution in [0.5, 0.6) is 11.8 Å². The number of rotatable bonds is 9. The smallest absolute Gasteiger partial charge is 0.245 e. The van der Waals surface area contributed by atoms with E-state index in [1.54, 1.807) is 35.3 Å². The SMILES string of the molecule is COc1ncnc(OC)c1-n1c(NS(=O)C(C)C(C)c2cnc(C)cn2)nnc1-c1ccccn1. The van der Waals surface area contributed by atoms with Gasteiger partial charge < -0.3 is 9.47 Å². The van der Waals surface area contributed by atoms with Gasteiger partial charge in [0.1, 0.15) is 23.0 Å². The van der Waals surface area contributed by atoms with E-state index < -0.39 is 11.0 Å². The zero-order valence-corrected chi connectivity index (χ0v) is 20.7. The molecule has 0 amide bonds. The third kappa shape index (κ3) is 4.94. The van der Waals surface area contributed by atoms with Crippen molar-refractivity contribution in [2.45, 2.75) is 31.9 Å². The van der Waals surface area contributed by atoms with Crippen molar-refractivity contribution in [3.8, 4) is 29.0 Å². The van der Waals surface area contributed by atoms with Crippen LogP contribution in [0.15, 0.2) is 43.1 Å². The van der Waals surface area contributed by atoms with Crippen molar-refractivity contribution < 1.29 is 13.7 Å². The number of methoxy groups -OCH3 is 2. The average molecular weight is 496 g/mol. The zero-order chi connectivity index (χ0) is 24.9. The van der Waals surface area contributed by atoms with Gasteiger partial charge in [0.2, 0.25) is 17.7 Å².